The Labute approximate surface area is 221 Å². The molecule has 0 radical (unpaired) electrons. The van der Waals surface area contributed by atoms with E-state index in [4.69, 9.17) is 19.0 Å². The third-order valence-electron chi connectivity index (χ3n) is 5.85. The van der Waals surface area contributed by atoms with Crippen molar-refractivity contribution in [1.29, 1.82) is 0 Å². The largest absolute Gasteiger partial charge is 0.488 e. The minimum Gasteiger partial charge on any atom is -0.488 e. The van der Waals surface area contributed by atoms with Crippen LogP contribution in [0.25, 0.3) is 11.3 Å². The van der Waals surface area contributed by atoms with Gasteiger partial charge in [0.1, 0.15) is 17.6 Å². The number of benzene rings is 1. The van der Waals surface area contributed by atoms with Crippen molar-refractivity contribution in [2.24, 2.45) is 0 Å². The van der Waals surface area contributed by atoms with Crippen molar-refractivity contribution in [3.05, 3.63) is 42.6 Å². The summed E-state index contributed by atoms with van der Waals surface area (Å²) < 4.78 is 67.4. The van der Waals surface area contributed by atoms with Crippen LogP contribution in [0.3, 0.4) is 0 Å². The molecule has 1 saturated heterocycles. The van der Waals surface area contributed by atoms with Crippen molar-refractivity contribution in [2.75, 3.05) is 26.4 Å². The molecule has 9 nitrogen and oxygen atoms in total. The minimum atomic E-state index is -4.13. The van der Waals surface area contributed by atoms with Crippen molar-refractivity contribution < 1.29 is 41.0 Å². The number of unbranched alkanes of at least 4 members (excludes halogenated alkanes) is 1. The van der Waals surface area contributed by atoms with Crippen LogP contribution in [0.4, 0.5) is 8.78 Å². The fraction of sp³-hybridized carbons (Fsp3) is 0.538. The molecule has 2 atom stereocenters. The molecular weight excluding hydrogens is 522 g/mol. The molecule has 1 N–H and O–H groups in total. The van der Waals surface area contributed by atoms with Gasteiger partial charge in [-0.25, -0.2) is 27.5 Å². The first-order chi connectivity index (χ1) is 18.3. The maximum absolute atomic E-state index is 13.4. The highest BCUT2D eigenvalue weighted by molar-refractivity contribution is 7.92. The zero-order valence-corrected chi connectivity index (χ0v) is 22.1. The van der Waals surface area contributed by atoms with E-state index in [9.17, 15) is 22.0 Å². The SMILES string of the molecule is CCCCOCCC(C(=O)NOC1CCCCO1)S(=O)(=O)c1ccc(-c2ccc(OCC(F)F)cc2)nc1. The monoisotopic (exact) mass is 556 g/mol. The first-order valence-electron chi connectivity index (χ1n) is 12.7. The van der Waals surface area contributed by atoms with E-state index in [0.717, 1.165) is 25.7 Å². The molecule has 2 aromatic rings. The Bertz CT molecular complexity index is 1090. The maximum Gasteiger partial charge on any atom is 0.272 e. The number of amides is 1. The zero-order valence-electron chi connectivity index (χ0n) is 21.3. The van der Waals surface area contributed by atoms with Crippen LogP contribution in [0.5, 0.6) is 5.75 Å². The summed E-state index contributed by atoms with van der Waals surface area (Å²) >= 11 is 0. The van der Waals surface area contributed by atoms with Crippen molar-refractivity contribution in [3.8, 4) is 17.0 Å². The molecule has 2 unspecified atom stereocenters. The van der Waals surface area contributed by atoms with E-state index in [-0.39, 0.29) is 23.7 Å². The molecule has 1 aromatic carbocycles. The lowest BCUT2D eigenvalue weighted by Crippen LogP contribution is -2.43. The lowest BCUT2D eigenvalue weighted by Gasteiger charge is -2.23. The number of nitrogens with one attached hydrogen (secondary N) is 1. The second kappa shape index (κ2) is 15.1. The Hall–Kier alpha value is -2.67. The van der Waals surface area contributed by atoms with E-state index < -0.39 is 40.3 Å². The number of pyridine rings is 1. The number of halogens is 2. The molecule has 1 amide bonds. The standard InChI is InChI=1S/C26H34F2N2O7S/c1-2-3-14-34-16-13-23(26(31)30-37-25-6-4-5-15-35-25)38(32,33)21-11-12-22(29-17-21)19-7-9-20(10-8-19)36-18-24(27)28/h7-12,17,23-25H,2-6,13-16,18H2,1H3,(H,30,31). The van der Waals surface area contributed by atoms with Crippen LogP contribution < -0.4 is 10.2 Å². The predicted octanol–water partition coefficient (Wildman–Crippen LogP) is 4.32. The molecule has 210 valence electrons. The zero-order chi connectivity index (χ0) is 27.4. The Kier molecular flexibility index (Phi) is 11.8. The van der Waals surface area contributed by atoms with Gasteiger partial charge in [-0.15, -0.1) is 0 Å². The van der Waals surface area contributed by atoms with E-state index in [1.807, 2.05) is 6.92 Å². The quantitative estimate of drug-likeness (QED) is 0.255. The number of sulfone groups is 1. The third kappa shape index (κ3) is 8.97. The van der Waals surface area contributed by atoms with Gasteiger partial charge in [-0.05, 0) is 62.1 Å². The molecule has 1 aromatic heterocycles. The van der Waals surface area contributed by atoms with Crippen LogP contribution in [0.2, 0.25) is 0 Å². The van der Waals surface area contributed by atoms with Crippen LogP contribution in [-0.2, 0) is 28.9 Å². The number of carbonyl (C=O) groups is 1. The molecule has 0 saturated carbocycles. The summed E-state index contributed by atoms with van der Waals surface area (Å²) in [6, 6.07) is 9.21. The molecule has 1 fully saturated rings. The molecule has 38 heavy (non-hydrogen) atoms. The first kappa shape index (κ1) is 29.9. The highest BCUT2D eigenvalue weighted by Gasteiger charge is 2.35. The predicted molar refractivity (Wildman–Crippen MR) is 135 cm³/mol. The topological polar surface area (TPSA) is 113 Å². The van der Waals surface area contributed by atoms with Gasteiger partial charge in [0.15, 0.2) is 16.1 Å². The molecule has 1 aliphatic heterocycles. The van der Waals surface area contributed by atoms with E-state index in [2.05, 4.69) is 10.5 Å². The van der Waals surface area contributed by atoms with E-state index in [1.54, 1.807) is 12.1 Å². The number of nitrogens with zero attached hydrogens (tertiary/aromatic N) is 1. The summed E-state index contributed by atoms with van der Waals surface area (Å²) in [5.74, 6) is -0.522. The van der Waals surface area contributed by atoms with Crippen LogP contribution in [0.1, 0.15) is 45.4 Å². The second-order valence-electron chi connectivity index (χ2n) is 8.77. The van der Waals surface area contributed by atoms with Gasteiger partial charge in [-0.2, -0.15) is 0 Å². The fourth-order valence-corrected chi connectivity index (χ4v) is 5.25. The molecule has 12 heteroatoms. The van der Waals surface area contributed by atoms with Gasteiger partial charge in [0.05, 0.1) is 10.6 Å². The molecule has 0 bridgehead atoms. The summed E-state index contributed by atoms with van der Waals surface area (Å²) in [6.45, 7) is 2.38. The summed E-state index contributed by atoms with van der Waals surface area (Å²) in [6.07, 6.45) is 2.08. The number of ether oxygens (including phenoxy) is 3. The van der Waals surface area contributed by atoms with E-state index in [0.29, 0.717) is 30.9 Å². The molecule has 0 spiro atoms. The number of rotatable bonds is 15. The molecule has 1 aliphatic rings. The minimum absolute atomic E-state index is 0.0609. The summed E-state index contributed by atoms with van der Waals surface area (Å²) in [4.78, 5) is 22.4. The van der Waals surface area contributed by atoms with Crippen LogP contribution in [0, 0.1) is 0 Å². The lowest BCUT2D eigenvalue weighted by molar-refractivity contribution is -0.200. The fourth-order valence-electron chi connectivity index (χ4n) is 3.72. The number of aromatic nitrogens is 1. The smallest absolute Gasteiger partial charge is 0.272 e. The van der Waals surface area contributed by atoms with Crippen LogP contribution in [-0.4, -0.2) is 63.7 Å². The van der Waals surface area contributed by atoms with Crippen LogP contribution >= 0.6 is 0 Å². The highest BCUT2D eigenvalue weighted by atomic mass is 32.2. The van der Waals surface area contributed by atoms with Crippen molar-refractivity contribution in [3.63, 3.8) is 0 Å². The van der Waals surface area contributed by atoms with Gasteiger partial charge in [0, 0.05) is 38.0 Å². The van der Waals surface area contributed by atoms with Gasteiger partial charge < -0.3 is 14.2 Å². The van der Waals surface area contributed by atoms with Crippen LogP contribution in [0.15, 0.2) is 47.5 Å². The number of hydrogen-bond acceptors (Lipinski definition) is 8. The molecule has 0 aliphatic carbocycles. The highest BCUT2D eigenvalue weighted by Crippen LogP contribution is 2.24. The van der Waals surface area contributed by atoms with Gasteiger partial charge >= 0.3 is 0 Å². The number of hydroxylamine groups is 1. The van der Waals surface area contributed by atoms with Crippen molar-refractivity contribution in [2.45, 2.75) is 68.3 Å². The Morgan fingerprint density at radius 1 is 1.16 bits per heavy atom. The second-order valence-corrected chi connectivity index (χ2v) is 10.9. The average Bonchev–Trinajstić information content (AvgIpc) is 2.93. The maximum atomic E-state index is 13.4. The van der Waals surface area contributed by atoms with Gasteiger partial charge in [-0.3, -0.25) is 9.78 Å². The van der Waals surface area contributed by atoms with E-state index >= 15 is 0 Å². The number of hydrogen-bond donors (Lipinski definition) is 1. The Balaban J connectivity index is 1.70. The average molecular weight is 557 g/mol. The van der Waals surface area contributed by atoms with E-state index in [1.165, 1.54) is 30.5 Å². The van der Waals surface area contributed by atoms with Crippen molar-refractivity contribution in [1.82, 2.24) is 10.5 Å². The number of carbonyl (C=O) groups excluding carboxylic acids is 1. The number of alkyl halides is 2. The lowest BCUT2D eigenvalue weighted by atomic mass is 10.1. The normalized spacial score (nSPS) is 16.8. The summed E-state index contributed by atoms with van der Waals surface area (Å²) in [7, 11) is -4.13. The summed E-state index contributed by atoms with van der Waals surface area (Å²) in [5, 5.41) is -1.45. The van der Waals surface area contributed by atoms with Crippen molar-refractivity contribution >= 4 is 15.7 Å². The first-order valence-corrected chi connectivity index (χ1v) is 14.2. The van der Waals surface area contributed by atoms with Gasteiger partial charge in [0.25, 0.3) is 12.3 Å². The molecule has 2 heterocycles. The third-order valence-corrected chi connectivity index (χ3v) is 7.95. The Morgan fingerprint density at radius 3 is 2.58 bits per heavy atom. The molecular formula is C26H34F2N2O7S. The van der Waals surface area contributed by atoms with Gasteiger partial charge in [0.2, 0.25) is 0 Å². The summed E-state index contributed by atoms with van der Waals surface area (Å²) in [5.41, 5.74) is 3.36. The van der Waals surface area contributed by atoms with Gasteiger partial charge in [-0.1, -0.05) is 13.3 Å². The molecule has 3 rings (SSSR count). The Morgan fingerprint density at radius 2 is 1.95 bits per heavy atom.